The molecule has 3 aromatic rings. The van der Waals surface area contributed by atoms with Gasteiger partial charge in [-0.15, -0.1) is 0 Å². The second-order valence-electron chi connectivity index (χ2n) is 7.45. The summed E-state index contributed by atoms with van der Waals surface area (Å²) in [6.07, 6.45) is 1.56. The number of aromatic carboxylic acids is 1. The minimum atomic E-state index is -1.08. The highest BCUT2D eigenvalue weighted by Gasteiger charge is 2.34. The van der Waals surface area contributed by atoms with Gasteiger partial charge in [-0.05, 0) is 115 Å². The van der Waals surface area contributed by atoms with Crippen LogP contribution in [0.4, 0.5) is 5.69 Å². The average molecular weight is 571 g/mol. The molecule has 9 heteroatoms. The molecule has 1 aliphatic heterocycles. The van der Waals surface area contributed by atoms with Gasteiger partial charge in [0, 0.05) is 20.6 Å². The number of anilines is 1. The number of hydrogen-bond donors (Lipinski definition) is 2. The van der Waals surface area contributed by atoms with E-state index >= 15 is 0 Å². The lowest BCUT2D eigenvalue weighted by Crippen LogP contribution is -2.54. The van der Waals surface area contributed by atoms with Crippen LogP contribution in [0.5, 0.6) is 0 Å². The van der Waals surface area contributed by atoms with E-state index in [1.165, 1.54) is 29.2 Å². The third-order valence-electron chi connectivity index (χ3n) is 5.33. The monoisotopic (exact) mass is 571 g/mol. The number of carboxylic acid groups (broad SMARTS) is 1. The van der Waals surface area contributed by atoms with Crippen molar-refractivity contribution in [2.45, 2.75) is 13.8 Å². The molecule has 1 fully saturated rings. The maximum Gasteiger partial charge on any atom is 0.335 e. The SMILES string of the molecule is Cc1cc(/C=C2/C(=O)NC(=S)N(c3ccc(C(=O)O)cc3)C2=O)c(C)n1-c1ccc(I)cc1. The predicted octanol–water partition coefficient (Wildman–Crippen LogP) is 4.23. The fourth-order valence-electron chi connectivity index (χ4n) is 3.72. The Kier molecular flexibility index (Phi) is 6.17. The van der Waals surface area contributed by atoms with Crippen LogP contribution in [0.2, 0.25) is 0 Å². The smallest absolute Gasteiger partial charge is 0.335 e. The normalized spacial score (nSPS) is 15.2. The number of nitrogens with zero attached hydrogens (tertiary/aromatic N) is 2. The molecule has 0 atom stereocenters. The average Bonchev–Trinajstić information content (AvgIpc) is 3.05. The van der Waals surface area contributed by atoms with Crippen molar-refractivity contribution in [1.29, 1.82) is 0 Å². The Labute approximate surface area is 208 Å². The second kappa shape index (κ2) is 8.91. The van der Waals surface area contributed by atoms with Crippen LogP contribution in [0.3, 0.4) is 0 Å². The highest BCUT2D eigenvalue weighted by Crippen LogP contribution is 2.26. The summed E-state index contributed by atoms with van der Waals surface area (Å²) in [5.74, 6) is -2.24. The predicted molar refractivity (Wildman–Crippen MR) is 138 cm³/mol. The van der Waals surface area contributed by atoms with Crippen molar-refractivity contribution in [3.63, 3.8) is 0 Å². The number of aryl methyl sites for hydroxylation is 1. The number of carbonyl (C=O) groups excluding carboxylic acids is 2. The fraction of sp³-hybridized carbons (Fsp3) is 0.0833. The Hall–Kier alpha value is -3.31. The highest BCUT2D eigenvalue weighted by molar-refractivity contribution is 14.1. The number of carbonyl (C=O) groups is 3. The molecule has 1 aromatic heterocycles. The van der Waals surface area contributed by atoms with Crippen molar-refractivity contribution in [3.8, 4) is 5.69 Å². The van der Waals surface area contributed by atoms with E-state index in [0.29, 0.717) is 5.69 Å². The van der Waals surface area contributed by atoms with Crippen LogP contribution in [0, 0.1) is 17.4 Å². The molecule has 0 bridgehead atoms. The van der Waals surface area contributed by atoms with Gasteiger partial charge in [0.15, 0.2) is 5.11 Å². The van der Waals surface area contributed by atoms with Gasteiger partial charge in [-0.2, -0.15) is 0 Å². The Bertz CT molecular complexity index is 1340. The van der Waals surface area contributed by atoms with Crippen LogP contribution in [0.1, 0.15) is 27.3 Å². The highest BCUT2D eigenvalue weighted by atomic mass is 127. The number of carboxylic acids is 1. The van der Waals surface area contributed by atoms with E-state index in [-0.39, 0.29) is 16.2 Å². The minimum absolute atomic E-state index is 0.0606. The summed E-state index contributed by atoms with van der Waals surface area (Å²) in [4.78, 5) is 38.2. The lowest BCUT2D eigenvalue weighted by atomic mass is 10.1. The van der Waals surface area contributed by atoms with Crippen molar-refractivity contribution in [1.82, 2.24) is 9.88 Å². The van der Waals surface area contributed by atoms with Crippen molar-refractivity contribution < 1.29 is 19.5 Å². The molecule has 1 saturated heterocycles. The van der Waals surface area contributed by atoms with Gasteiger partial charge in [-0.25, -0.2) is 4.79 Å². The Morgan fingerprint density at radius 3 is 2.24 bits per heavy atom. The largest absolute Gasteiger partial charge is 0.478 e. The molecule has 7 nitrogen and oxygen atoms in total. The molecule has 0 saturated carbocycles. The molecule has 2 amide bonds. The number of aromatic nitrogens is 1. The van der Waals surface area contributed by atoms with Gasteiger partial charge in [0.1, 0.15) is 5.57 Å². The summed E-state index contributed by atoms with van der Waals surface area (Å²) in [5.41, 5.74) is 3.94. The quantitative estimate of drug-likeness (QED) is 0.212. The molecular weight excluding hydrogens is 553 g/mol. The zero-order valence-electron chi connectivity index (χ0n) is 17.6. The molecular formula is C24H18IN3O4S. The lowest BCUT2D eigenvalue weighted by molar-refractivity contribution is -0.122. The third kappa shape index (κ3) is 4.33. The van der Waals surface area contributed by atoms with E-state index in [2.05, 4.69) is 32.5 Å². The first-order chi connectivity index (χ1) is 15.7. The molecule has 0 radical (unpaired) electrons. The summed E-state index contributed by atoms with van der Waals surface area (Å²) >= 11 is 7.46. The Morgan fingerprint density at radius 1 is 1.03 bits per heavy atom. The van der Waals surface area contributed by atoms with Crippen molar-refractivity contribution in [2.75, 3.05) is 4.90 Å². The van der Waals surface area contributed by atoms with E-state index in [4.69, 9.17) is 17.3 Å². The van der Waals surface area contributed by atoms with Gasteiger partial charge in [-0.3, -0.25) is 19.8 Å². The lowest BCUT2D eigenvalue weighted by Gasteiger charge is -2.29. The van der Waals surface area contributed by atoms with Gasteiger partial charge < -0.3 is 9.67 Å². The fourth-order valence-corrected chi connectivity index (χ4v) is 4.36. The first kappa shape index (κ1) is 22.9. The van der Waals surface area contributed by atoms with E-state index in [9.17, 15) is 14.4 Å². The molecule has 0 aliphatic carbocycles. The second-order valence-corrected chi connectivity index (χ2v) is 9.08. The summed E-state index contributed by atoms with van der Waals surface area (Å²) in [6, 6.07) is 15.7. The maximum absolute atomic E-state index is 13.3. The van der Waals surface area contributed by atoms with Gasteiger partial charge in [-0.1, -0.05) is 0 Å². The van der Waals surface area contributed by atoms with Crippen molar-refractivity contribution >= 4 is 69.5 Å². The van der Waals surface area contributed by atoms with E-state index in [0.717, 1.165) is 26.2 Å². The van der Waals surface area contributed by atoms with Gasteiger partial charge >= 0.3 is 5.97 Å². The van der Waals surface area contributed by atoms with Crippen LogP contribution < -0.4 is 10.2 Å². The van der Waals surface area contributed by atoms with Gasteiger partial charge in [0.25, 0.3) is 11.8 Å². The van der Waals surface area contributed by atoms with Crippen LogP contribution in [0.15, 0.2) is 60.2 Å². The zero-order chi connectivity index (χ0) is 23.9. The van der Waals surface area contributed by atoms with E-state index in [1.54, 1.807) is 6.08 Å². The molecule has 166 valence electrons. The molecule has 2 aromatic carbocycles. The summed E-state index contributed by atoms with van der Waals surface area (Å²) < 4.78 is 3.18. The van der Waals surface area contributed by atoms with Crippen molar-refractivity contribution in [2.24, 2.45) is 0 Å². The number of nitrogens with one attached hydrogen (secondary N) is 1. The summed E-state index contributed by atoms with van der Waals surface area (Å²) in [6.45, 7) is 3.89. The number of hydrogen-bond acceptors (Lipinski definition) is 4. The minimum Gasteiger partial charge on any atom is -0.478 e. The molecule has 0 spiro atoms. The number of amides is 2. The number of rotatable bonds is 4. The zero-order valence-corrected chi connectivity index (χ0v) is 20.6. The van der Waals surface area contributed by atoms with E-state index in [1.807, 2.05) is 44.2 Å². The number of halogens is 1. The van der Waals surface area contributed by atoms with E-state index < -0.39 is 17.8 Å². The molecule has 2 heterocycles. The van der Waals surface area contributed by atoms with Crippen molar-refractivity contribution in [3.05, 3.63) is 86.3 Å². The third-order valence-corrected chi connectivity index (χ3v) is 6.33. The number of benzene rings is 2. The standard InChI is InChI=1S/C24H18IN3O4S/c1-13-11-16(14(2)27(13)18-9-5-17(25)6-10-18)12-20-21(29)26-24(33)28(22(20)30)19-7-3-15(4-8-19)23(31)32/h3-12H,1-2H3,(H,31,32)(H,26,29,33)/b20-12-. The Balaban J connectivity index is 1.73. The van der Waals surface area contributed by atoms with Crippen LogP contribution in [0.25, 0.3) is 11.8 Å². The van der Waals surface area contributed by atoms with Gasteiger partial charge in [0.2, 0.25) is 0 Å². The summed E-state index contributed by atoms with van der Waals surface area (Å²) in [5, 5.41) is 11.6. The molecule has 33 heavy (non-hydrogen) atoms. The van der Waals surface area contributed by atoms with Crippen LogP contribution in [-0.4, -0.2) is 32.6 Å². The maximum atomic E-state index is 13.3. The summed E-state index contributed by atoms with van der Waals surface area (Å²) in [7, 11) is 0. The topological polar surface area (TPSA) is 91.6 Å². The molecule has 4 rings (SSSR count). The number of thiocarbonyl (C=S) groups is 1. The molecule has 0 unspecified atom stereocenters. The first-order valence-corrected chi connectivity index (χ1v) is 11.4. The Morgan fingerprint density at radius 2 is 1.64 bits per heavy atom. The molecule has 1 aliphatic rings. The van der Waals surface area contributed by atoms with Crippen LogP contribution in [-0.2, 0) is 9.59 Å². The van der Waals surface area contributed by atoms with Gasteiger partial charge in [0.05, 0.1) is 11.3 Å². The first-order valence-electron chi connectivity index (χ1n) is 9.87. The molecule has 2 N–H and O–H groups in total. The van der Waals surface area contributed by atoms with Crippen LogP contribution >= 0.6 is 34.8 Å².